The molecule has 0 unspecified atom stereocenters. The van der Waals surface area contributed by atoms with Gasteiger partial charge in [0, 0.05) is 47.5 Å². The SMILES string of the molecule is COC(=O)c1csc(-c2ccc(-c3nc(C(=O)NCc4ccccc4)cs3)c(-c3csc(-c4csc([C@H](NC(C)=O)[C@H](OC(C)=O)c5ccccc5)n4)n3)n2)n1. The van der Waals surface area contributed by atoms with Gasteiger partial charge in [0.2, 0.25) is 5.91 Å². The van der Waals surface area contributed by atoms with Crippen LogP contribution in [0.3, 0.4) is 0 Å². The number of methoxy groups -OCH3 is 1. The molecule has 0 fully saturated rings. The number of carbonyl (C=O) groups is 4. The normalized spacial score (nSPS) is 12.1. The van der Waals surface area contributed by atoms with Gasteiger partial charge in [-0.05, 0) is 23.3 Å². The topological polar surface area (TPSA) is 175 Å². The number of hydrogen-bond acceptors (Lipinski definition) is 15. The van der Waals surface area contributed by atoms with Gasteiger partial charge in [0.05, 0.1) is 12.8 Å². The van der Waals surface area contributed by atoms with Crippen LogP contribution in [0, 0.1) is 0 Å². The zero-order chi connectivity index (χ0) is 39.2. The van der Waals surface area contributed by atoms with E-state index in [1.165, 1.54) is 66.3 Å². The molecular weight excluding hydrogens is 791 g/mol. The number of carbonyl (C=O) groups excluding carboxylic acids is 4. The second-order valence-electron chi connectivity index (χ2n) is 12.1. The lowest BCUT2D eigenvalue weighted by atomic mass is 10.0. The highest BCUT2D eigenvalue weighted by Crippen LogP contribution is 2.39. The van der Waals surface area contributed by atoms with E-state index in [1.807, 2.05) is 77.5 Å². The predicted octanol–water partition coefficient (Wildman–Crippen LogP) is 7.77. The predicted molar refractivity (Wildman–Crippen MR) is 215 cm³/mol. The highest BCUT2D eigenvalue weighted by Gasteiger charge is 2.31. The summed E-state index contributed by atoms with van der Waals surface area (Å²) in [4.78, 5) is 73.8. The number of ether oxygens (including phenoxy) is 2. The number of aromatic nitrogens is 5. The average molecular weight is 822 g/mol. The first-order chi connectivity index (χ1) is 27.2. The molecule has 7 rings (SSSR count). The van der Waals surface area contributed by atoms with Gasteiger partial charge in [-0.2, -0.15) is 0 Å². The van der Waals surface area contributed by atoms with Gasteiger partial charge in [-0.3, -0.25) is 14.4 Å². The summed E-state index contributed by atoms with van der Waals surface area (Å²) >= 11 is 5.21. The Kier molecular flexibility index (Phi) is 11.8. The first kappa shape index (κ1) is 38.3. The van der Waals surface area contributed by atoms with E-state index in [0.717, 1.165) is 5.56 Å². The van der Waals surface area contributed by atoms with Gasteiger partial charge < -0.3 is 20.1 Å². The summed E-state index contributed by atoms with van der Waals surface area (Å²) in [5.74, 6) is -1.68. The molecule has 5 aromatic heterocycles. The van der Waals surface area contributed by atoms with Crippen LogP contribution in [-0.4, -0.2) is 55.8 Å². The number of nitrogens with one attached hydrogen (secondary N) is 2. The Labute approximate surface area is 336 Å². The average Bonchev–Trinajstić information content (AvgIpc) is 4.06. The zero-order valence-electron chi connectivity index (χ0n) is 29.9. The van der Waals surface area contributed by atoms with Crippen molar-refractivity contribution in [1.29, 1.82) is 0 Å². The number of rotatable bonds is 13. The molecule has 0 bridgehead atoms. The number of thiazole rings is 4. The van der Waals surface area contributed by atoms with Gasteiger partial charge >= 0.3 is 11.9 Å². The van der Waals surface area contributed by atoms with Crippen LogP contribution in [0.15, 0.2) is 94.3 Å². The molecule has 0 aliphatic rings. The third-order valence-corrected chi connectivity index (χ3v) is 11.6. The Bertz CT molecular complexity index is 2510. The molecule has 282 valence electrons. The minimum atomic E-state index is -0.827. The van der Waals surface area contributed by atoms with E-state index >= 15 is 0 Å². The zero-order valence-corrected chi connectivity index (χ0v) is 33.2. The van der Waals surface area contributed by atoms with Gasteiger partial charge in [-0.25, -0.2) is 29.7 Å². The lowest BCUT2D eigenvalue weighted by Crippen LogP contribution is -2.32. The fraction of sp³-hybridized carbons (Fsp3) is 0.154. The number of benzene rings is 2. The van der Waals surface area contributed by atoms with Crippen LogP contribution in [0.2, 0.25) is 0 Å². The van der Waals surface area contributed by atoms with Gasteiger partial charge in [-0.15, -0.1) is 45.3 Å². The summed E-state index contributed by atoms with van der Waals surface area (Å²) in [6.45, 7) is 3.08. The van der Waals surface area contributed by atoms with Crippen molar-refractivity contribution >= 4 is 69.1 Å². The van der Waals surface area contributed by atoms with Crippen LogP contribution < -0.4 is 10.6 Å². The van der Waals surface area contributed by atoms with E-state index < -0.39 is 24.1 Å². The molecule has 5 heterocycles. The molecule has 7 aromatic rings. The second kappa shape index (κ2) is 17.2. The number of pyridine rings is 1. The van der Waals surface area contributed by atoms with Crippen LogP contribution in [-0.2, 0) is 25.6 Å². The third-order valence-electron chi connectivity index (χ3n) is 8.11. The Hall–Kier alpha value is -6.01. The maximum atomic E-state index is 13.1. The van der Waals surface area contributed by atoms with E-state index in [-0.39, 0.29) is 23.2 Å². The number of esters is 2. The van der Waals surface area contributed by atoms with Gasteiger partial charge in [0.1, 0.15) is 48.8 Å². The summed E-state index contributed by atoms with van der Waals surface area (Å²) in [5.41, 5.74) is 4.80. The van der Waals surface area contributed by atoms with E-state index in [2.05, 4.69) is 20.6 Å². The van der Waals surface area contributed by atoms with E-state index in [4.69, 9.17) is 24.4 Å². The molecule has 0 saturated heterocycles. The minimum Gasteiger partial charge on any atom is -0.464 e. The molecule has 0 aliphatic heterocycles. The highest BCUT2D eigenvalue weighted by molar-refractivity contribution is 7.14. The standard InChI is InChI=1S/C39H31N7O6S4/c1-21(47)41-32(33(52-22(2)48)24-12-8-5-9-13-24)38-45-29(19-56-38)37-43-27(17-54-37)31-25(14-15-26(42-31)36-46-30(20-55-36)39(50)51-3)35-44-28(18-53-35)34(49)40-16-23-10-6-4-7-11-23/h4-15,17-20,32-33H,16H2,1-3H3,(H,40,49)(H,41,47)/t32-,33-/m1/s1. The van der Waals surface area contributed by atoms with Crippen LogP contribution in [0.1, 0.15) is 63.1 Å². The summed E-state index contributed by atoms with van der Waals surface area (Å²) in [6, 6.07) is 21.6. The maximum absolute atomic E-state index is 13.1. The van der Waals surface area contributed by atoms with E-state index in [9.17, 15) is 19.2 Å². The Morgan fingerprint density at radius 2 is 1.34 bits per heavy atom. The summed E-state index contributed by atoms with van der Waals surface area (Å²) < 4.78 is 10.6. The smallest absolute Gasteiger partial charge is 0.357 e. The monoisotopic (exact) mass is 821 g/mol. The first-order valence-corrected chi connectivity index (χ1v) is 20.4. The van der Waals surface area contributed by atoms with E-state index in [1.54, 1.807) is 16.8 Å². The van der Waals surface area contributed by atoms with Gasteiger partial charge in [-0.1, -0.05) is 60.7 Å². The van der Waals surface area contributed by atoms with Crippen molar-refractivity contribution < 1.29 is 28.7 Å². The fourth-order valence-corrected chi connectivity index (χ4v) is 8.87. The lowest BCUT2D eigenvalue weighted by molar-refractivity contribution is -0.149. The Morgan fingerprint density at radius 1 is 0.679 bits per heavy atom. The summed E-state index contributed by atoms with van der Waals surface area (Å²) in [6.07, 6.45) is -0.827. The molecule has 56 heavy (non-hydrogen) atoms. The molecule has 0 aliphatic carbocycles. The minimum absolute atomic E-state index is 0.169. The number of hydrogen-bond donors (Lipinski definition) is 2. The maximum Gasteiger partial charge on any atom is 0.357 e. The summed E-state index contributed by atoms with van der Waals surface area (Å²) in [7, 11) is 1.30. The van der Waals surface area contributed by atoms with Crippen molar-refractivity contribution in [1.82, 2.24) is 35.6 Å². The molecule has 13 nitrogen and oxygen atoms in total. The molecular formula is C39H31N7O6S4. The van der Waals surface area contributed by atoms with Gasteiger partial charge in [0.15, 0.2) is 11.8 Å². The Morgan fingerprint density at radius 3 is 2.07 bits per heavy atom. The second-order valence-corrected chi connectivity index (χ2v) is 15.5. The molecule has 0 spiro atoms. The van der Waals surface area contributed by atoms with E-state index in [0.29, 0.717) is 60.5 Å². The molecule has 2 amide bonds. The van der Waals surface area contributed by atoms with Crippen LogP contribution in [0.5, 0.6) is 0 Å². The Balaban J connectivity index is 1.23. The van der Waals surface area contributed by atoms with Gasteiger partial charge in [0.25, 0.3) is 5.91 Å². The fourth-order valence-electron chi connectivity index (χ4n) is 5.57. The lowest BCUT2D eigenvalue weighted by Gasteiger charge is -2.26. The molecule has 17 heteroatoms. The molecule has 0 saturated carbocycles. The highest BCUT2D eigenvalue weighted by atomic mass is 32.1. The van der Waals surface area contributed by atoms with Crippen molar-refractivity contribution in [2.75, 3.05) is 7.11 Å². The molecule has 0 radical (unpaired) electrons. The van der Waals surface area contributed by atoms with Crippen LogP contribution in [0.25, 0.3) is 43.4 Å². The van der Waals surface area contributed by atoms with Crippen molar-refractivity contribution in [3.63, 3.8) is 0 Å². The molecule has 2 N–H and O–H groups in total. The third kappa shape index (κ3) is 8.76. The largest absolute Gasteiger partial charge is 0.464 e. The quantitative estimate of drug-likeness (QED) is 0.109. The van der Waals surface area contributed by atoms with Crippen molar-refractivity contribution in [2.45, 2.75) is 32.5 Å². The number of nitrogens with zero attached hydrogens (tertiary/aromatic N) is 5. The summed E-state index contributed by atoms with van der Waals surface area (Å²) in [5, 5.41) is 15.0. The van der Waals surface area contributed by atoms with Crippen molar-refractivity contribution in [2.24, 2.45) is 0 Å². The number of amides is 2. The van der Waals surface area contributed by atoms with Crippen molar-refractivity contribution in [3.8, 4) is 43.4 Å². The first-order valence-electron chi connectivity index (χ1n) is 16.9. The van der Waals surface area contributed by atoms with Crippen LogP contribution in [0.4, 0.5) is 0 Å². The molecule has 2 atom stereocenters. The molecule has 2 aromatic carbocycles. The van der Waals surface area contributed by atoms with Crippen molar-refractivity contribution in [3.05, 3.63) is 122 Å². The van der Waals surface area contributed by atoms with Crippen LogP contribution >= 0.6 is 45.3 Å².